The van der Waals surface area contributed by atoms with Crippen molar-refractivity contribution >= 4 is 23.0 Å². The van der Waals surface area contributed by atoms with Crippen molar-refractivity contribution in [3.63, 3.8) is 0 Å². The van der Waals surface area contributed by atoms with E-state index in [1.54, 1.807) is 0 Å². The number of imidazole rings is 1. The average molecular weight is 288 g/mol. The molecule has 1 aliphatic carbocycles. The molecule has 1 fully saturated rings. The number of H-pyrrole nitrogens is 1. The van der Waals surface area contributed by atoms with Gasteiger partial charge in [0.25, 0.3) is 0 Å². The number of nitrogens with one attached hydrogen (secondary N) is 1. The fourth-order valence-electron chi connectivity index (χ4n) is 3.08. The third-order valence-electron chi connectivity index (χ3n) is 4.24. The van der Waals surface area contributed by atoms with Gasteiger partial charge in [0, 0.05) is 20.0 Å². The molecule has 0 bridgehead atoms. The molecule has 2 unspecified atom stereocenters. The van der Waals surface area contributed by atoms with Gasteiger partial charge in [-0.1, -0.05) is 12.8 Å². The fraction of sp³-hybridized carbons (Fsp3) is 0.533. The number of hydrogen-bond acceptors (Lipinski definition) is 4. The number of carboxylic acid groups (broad SMARTS) is 1. The first kappa shape index (κ1) is 13.9. The summed E-state index contributed by atoms with van der Waals surface area (Å²) in [4.78, 5) is 25.7. The largest absolute Gasteiger partial charge is 0.481 e. The van der Waals surface area contributed by atoms with Crippen LogP contribution in [0.5, 0.6) is 0 Å². The number of anilines is 1. The Morgan fingerprint density at radius 2 is 2.05 bits per heavy atom. The highest BCUT2D eigenvalue weighted by molar-refractivity contribution is 5.74. The zero-order chi connectivity index (χ0) is 15.0. The Labute approximate surface area is 123 Å². The van der Waals surface area contributed by atoms with E-state index in [0.29, 0.717) is 5.65 Å². The summed E-state index contributed by atoms with van der Waals surface area (Å²) >= 11 is 0. The van der Waals surface area contributed by atoms with Gasteiger partial charge in [-0.05, 0) is 25.0 Å². The van der Waals surface area contributed by atoms with Gasteiger partial charge in [-0.2, -0.15) is 0 Å². The number of fused-ring (bicyclic) bond motifs is 1. The standard InChI is InChI=1S/C15H20N4O2/c1-19(2)12-8-7-11-14(17-12)18-13(16-11)9-5-3-4-6-10(9)15(20)21/h7-10H,3-6H2,1-2H3,(H,20,21)(H,16,17,18). The van der Waals surface area contributed by atoms with Crippen molar-refractivity contribution in [1.29, 1.82) is 0 Å². The molecular formula is C15H20N4O2. The maximum atomic E-state index is 11.4. The molecule has 6 nitrogen and oxygen atoms in total. The monoisotopic (exact) mass is 288 g/mol. The third-order valence-corrected chi connectivity index (χ3v) is 4.24. The van der Waals surface area contributed by atoms with E-state index in [4.69, 9.17) is 0 Å². The summed E-state index contributed by atoms with van der Waals surface area (Å²) in [5.41, 5.74) is 1.52. The minimum Gasteiger partial charge on any atom is -0.481 e. The Bertz CT molecular complexity index is 665. The zero-order valence-electron chi connectivity index (χ0n) is 12.3. The molecule has 2 aromatic rings. The summed E-state index contributed by atoms with van der Waals surface area (Å²) in [7, 11) is 3.87. The molecule has 6 heteroatoms. The van der Waals surface area contributed by atoms with E-state index < -0.39 is 5.97 Å². The fourth-order valence-corrected chi connectivity index (χ4v) is 3.08. The average Bonchev–Trinajstić information content (AvgIpc) is 2.89. The van der Waals surface area contributed by atoms with Gasteiger partial charge in [-0.15, -0.1) is 0 Å². The second kappa shape index (κ2) is 5.35. The highest BCUT2D eigenvalue weighted by atomic mass is 16.4. The highest BCUT2D eigenvalue weighted by Gasteiger charge is 2.33. The van der Waals surface area contributed by atoms with E-state index in [0.717, 1.165) is 42.8 Å². The summed E-state index contributed by atoms with van der Waals surface area (Å²) in [6, 6.07) is 3.88. The summed E-state index contributed by atoms with van der Waals surface area (Å²) in [6.45, 7) is 0. The molecule has 0 saturated heterocycles. The molecule has 1 aliphatic rings. The van der Waals surface area contributed by atoms with Gasteiger partial charge in [-0.3, -0.25) is 4.79 Å². The first-order valence-electron chi connectivity index (χ1n) is 7.33. The van der Waals surface area contributed by atoms with E-state index in [1.165, 1.54) is 0 Å². The molecule has 0 radical (unpaired) electrons. The first-order chi connectivity index (χ1) is 10.1. The van der Waals surface area contributed by atoms with Gasteiger partial charge in [0.1, 0.15) is 11.6 Å². The minimum absolute atomic E-state index is 0.0340. The van der Waals surface area contributed by atoms with E-state index in [2.05, 4.69) is 15.0 Å². The molecule has 2 atom stereocenters. The highest BCUT2D eigenvalue weighted by Crippen LogP contribution is 2.37. The van der Waals surface area contributed by atoms with Crippen LogP contribution in [0.1, 0.15) is 37.4 Å². The normalized spacial score (nSPS) is 22.4. The van der Waals surface area contributed by atoms with E-state index in [-0.39, 0.29) is 11.8 Å². The van der Waals surface area contributed by atoms with Gasteiger partial charge in [0.15, 0.2) is 5.65 Å². The molecule has 1 saturated carbocycles. The number of carboxylic acids is 1. The molecule has 2 aromatic heterocycles. The van der Waals surface area contributed by atoms with Crippen molar-refractivity contribution in [3.8, 4) is 0 Å². The maximum Gasteiger partial charge on any atom is 0.307 e. The van der Waals surface area contributed by atoms with Crippen molar-refractivity contribution in [1.82, 2.24) is 15.0 Å². The Morgan fingerprint density at radius 3 is 2.76 bits per heavy atom. The Kier molecular flexibility index (Phi) is 3.53. The van der Waals surface area contributed by atoms with Gasteiger partial charge in [-0.25, -0.2) is 9.97 Å². The molecule has 0 aliphatic heterocycles. The summed E-state index contributed by atoms with van der Waals surface area (Å²) in [5, 5.41) is 9.40. The SMILES string of the molecule is CN(C)c1ccc2[nH]c(C3CCCCC3C(=O)O)nc2n1. The number of pyridine rings is 1. The molecule has 21 heavy (non-hydrogen) atoms. The number of aromatic amines is 1. The van der Waals surface area contributed by atoms with Crippen molar-refractivity contribution in [2.24, 2.45) is 5.92 Å². The van der Waals surface area contributed by atoms with Gasteiger partial charge >= 0.3 is 5.97 Å². The summed E-state index contributed by atoms with van der Waals surface area (Å²) in [5.74, 6) is 0.516. The van der Waals surface area contributed by atoms with Gasteiger partial charge < -0.3 is 15.0 Å². The number of nitrogens with zero attached hydrogens (tertiary/aromatic N) is 3. The molecular weight excluding hydrogens is 268 g/mol. The topological polar surface area (TPSA) is 82.1 Å². The number of rotatable bonds is 3. The number of aliphatic carboxylic acids is 1. The molecule has 0 aromatic carbocycles. The van der Waals surface area contributed by atoms with Crippen LogP contribution in [0, 0.1) is 5.92 Å². The van der Waals surface area contributed by atoms with Gasteiger partial charge in [0.2, 0.25) is 0 Å². The van der Waals surface area contributed by atoms with E-state index in [9.17, 15) is 9.90 Å². The van der Waals surface area contributed by atoms with Crippen LogP contribution in [-0.2, 0) is 4.79 Å². The van der Waals surface area contributed by atoms with Crippen LogP contribution in [-0.4, -0.2) is 40.1 Å². The molecule has 3 rings (SSSR count). The van der Waals surface area contributed by atoms with Crippen LogP contribution in [0.25, 0.3) is 11.2 Å². The summed E-state index contributed by atoms with van der Waals surface area (Å²) < 4.78 is 0. The van der Waals surface area contributed by atoms with Crippen molar-refractivity contribution < 1.29 is 9.90 Å². The quantitative estimate of drug-likeness (QED) is 0.906. The number of aromatic nitrogens is 3. The third kappa shape index (κ3) is 2.57. The first-order valence-corrected chi connectivity index (χ1v) is 7.33. The van der Waals surface area contributed by atoms with Crippen LogP contribution >= 0.6 is 0 Å². The van der Waals surface area contributed by atoms with Gasteiger partial charge in [0.05, 0.1) is 11.4 Å². The lowest BCUT2D eigenvalue weighted by Crippen LogP contribution is -2.26. The molecule has 2 N–H and O–H groups in total. The second-order valence-electron chi connectivity index (χ2n) is 5.89. The van der Waals surface area contributed by atoms with E-state index in [1.807, 2.05) is 31.1 Å². The number of hydrogen-bond donors (Lipinski definition) is 2. The Morgan fingerprint density at radius 1 is 1.29 bits per heavy atom. The van der Waals surface area contributed by atoms with Crippen LogP contribution in [0.15, 0.2) is 12.1 Å². The van der Waals surface area contributed by atoms with E-state index >= 15 is 0 Å². The Hall–Kier alpha value is -2.11. The lowest BCUT2D eigenvalue weighted by atomic mass is 9.79. The predicted molar refractivity (Wildman–Crippen MR) is 80.6 cm³/mol. The van der Waals surface area contributed by atoms with Crippen LogP contribution < -0.4 is 4.90 Å². The Balaban J connectivity index is 1.97. The lowest BCUT2D eigenvalue weighted by Gasteiger charge is -2.26. The maximum absolute atomic E-state index is 11.4. The zero-order valence-corrected chi connectivity index (χ0v) is 12.3. The number of carbonyl (C=O) groups is 1. The second-order valence-corrected chi connectivity index (χ2v) is 5.89. The smallest absolute Gasteiger partial charge is 0.307 e. The minimum atomic E-state index is -0.720. The van der Waals surface area contributed by atoms with Crippen molar-refractivity contribution in [2.45, 2.75) is 31.6 Å². The van der Waals surface area contributed by atoms with Crippen molar-refractivity contribution in [3.05, 3.63) is 18.0 Å². The molecule has 112 valence electrons. The van der Waals surface area contributed by atoms with Crippen LogP contribution in [0.3, 0.4) is 0 Å². The molecule has 0 spiro atoms. The lowest BCUT2D eigenvalue weighted by molar-refractivity contribution is -0.143. The molecule has 0 amide bonds. The predicted octanol–water partition coefficient (Wildman–Crippen LogP) is 2.38. The summed E-state index contributed by atoms with van der Waals surface area (Å²) in [6.07, 6.45) is 3.64. The van der Waals surface area contributed by atoms with Crippen LogP contribution in [0.2, 0.25) is 0 Å². The van der Waals surface area contributed by atoms with Crippen LogP contribution in [0.4, 0.5) is 5.82 Å². The molecule has 2 heterocycles. The van der Waals surface area contributed by atoms with Crippen molar-refractivity contribution in [2.75, 3.05) is 19.0 Å².